The van der Waals surface area contributed by atoms with Crippen molar-refractivity contribution in [1.82, 2.24) is 9.88 Å². The number of hydrogen-bond donors (Lipinski definition) is 1. The molecule has 1 aromatic carbocycles. The molecule has 0 saturated carbocycles. The molecule has 31 heavy (non-hydrogen) atoms. The zero-order valence-electron chi connectivity index (χ0n) is 17.9. The highest BCUT2D eigenvalue weighted by Crippen LogP contribution is 2.28. The van der Waals surface area contributed by atoms with E-state index in [1.54, 1.807) is 39.1 Å². The molecule has 3 rings (SSSR count). The Morgan fingerprint density at radius 3 is 2.55 bits per heavy atom. The fraction of sp³-hybridized carbons (Fsp3) is 0.455. The van der Waals surface area contributed by atoms with Gasteiger partial charge in [0.1, 0.15) is 16.7 Å². The number of benzene rings is 1. The predicted octanol–water partition coefficient (Wildman–Crippen LogP) is 4.02. The minimum Gasteiger partial charge on any atom is -0.481 e. The Hall–Kier alpha value is -2.94. The van der Waals surface area contributed by atoms with Crippen LogP contribution in [0.5, 0.6) is 0 Å². The topological polar surface area (TPSA) is 100 Å². The minimum absolute atomic E-state index is 0.0173. The van der Waals surface area contributed by atoms with E-state index in [-0.39, 0.29) is 18.9 Å². The largest absolute Gasteiger partial charge is 0.481 e. The molecule has 2 heterocycles. The number of aliphatic carboxylic acids is 1. The van der Waals surface area contributed by atoms with Crippen molar-refractivity contribution in [3.8, 4) is 10.6 Å². The highest BCUT2D eigenvalue weighted by Gasteiger charge is 2.39. The van der Waals surface area contributed by atoms with E-state index in [1.165, 1.54) is 21.1 Å². The molecule has 1 atom stereocenters. The molecule has 0 radical (unpaired) electrons. The summed E-state index contributed by atoms with van der Waals surface area (Å²) in [6, 6.07) is 6.60. The number of rotatable bonds is 6. The standard InChI is InChI=1S/C22H27N3O5S/c1-22(2,3)30-21(29)25-12-4-5-17(25)20(28)24(13-10-18(26)27)16-8-6-15(7-9-16)19-23-11-14-31-19/h6-9,11,14,17H,4-5,10,12-13H2,1-3H3,(H,26,27)/t17-/m0/s1. The summed E-state index contributed by atoms with van der Waals surface area (Å²) in [6.07, 6.45) is 2.20. The normalized spacial score (nSPS) is 16.2. The molecule has 0 bridgehead atoms. The maximum Gasteiger partial charge on any atom is 0.410 e. The van der Waals surface area contributed by atoms with Crippen molar-refractivity contribution in [1.29, 1.82) is 0 Å². The molecule has 1 fully saturated rings. The highest BCUT2D eigenvalue weighted by molar-refractivity contribution is 7.13. The average Bonchev–Trinajstić information content (AvgIpc) is 3.39. The highest BCUT2D eigenvalue weighted by atomic mass is 32.1. The molecule has 1 saturated heterocycles. The molecule has 0 unspecified atom stereocenters. The third-order valence-corrected chi connectivity index (χ3v) is 5.66. The fourth-order valence-corrected chi connectivity index (χ4v) is 4.11. The van der Waals surface area contributed by atoms with Crippen LogP contribution in [0.2, 0.25) is 0 Å². The smallest absolute Gasteiger partial charge is 0.410 e. The number of amides is 2. The van der Waals surface area contributed by atoms with Crippen LogP contribution in [0.1, 0.15) is 40.0 Å². The molecule has 9 heteroatoms. The molecule has 2 aromatic rings. The van der Waals surface area contributed by atoms with E-state index in [9.17, 15) is 14.4 Å². The van der Waals surface area contributed by atoms with Gasteiger partial charge >= 0.3 is 12.1 Å². The van der Waals surface area contributed by atoms with Gasteiger partial charge in [-0.25, -0.2) is 9.78 Å². The van der Waals surface area contributed by atoms with E-state index in [2.05, 4.69) is 4.98 Å². The maximum absolute atomic E-state index is 13.4. The van der Waals surface area contributed by atoms with Crippen molar-refractivity contribution in [2.75, 3.05) is 18.0 Å². The number of carbonyl (C=O) groups excluding carboxylic acids is 2. The first-order valence-electron chi connectivity index (χ1n) is 10.2. The zero-order valence-corrected chi connectivity index (χ0v) is 18.7. The van der Waals surface area contributed by atoms with Crippen LogP contribution in [0.25, 0.3) is 10.6 Å². The number of ether oxygens (including phenoxy) is 1. The summed E-state index contributed by atoms with van der Waals surface area (Å²) in [5.41, 5.74) is 0.838. The van der Waals surface area contributed by atoms with Gasteiger partial charge in [0.2, 0.25) is 5.91 Å². The molecule has 1 aliphatic heterocycles. The third kappa shape index (κ3) is 5.81. The molecule has 1 aromatic heterocycles. The first kappa shape index (κ1) is 22.7. The van der Waals surface area contributed by atoms with Gasteiger partial charge in [-0.05, 0) is 57.9 Å². The van der Waals surface area contributed by atoms with Crippen LogP contribution in [0.3, 0.4) is 0 Å². The number of carboxylic acids is 1. The van der Waals surface area contributed by atoms with Crippen LogP contribution < -0.4 is 4.90 Å². The molecule has 0 aliphatic carbocycles. The Morgan fingerprint density at radius 2 is 1.97 bits per heavy atom. The third-order valence-electron chi connectivity index (χ3n) is 4.84. The monoisotopic (exact) mass is 445 g/mol. The Labute approximate surface area is 185 Å². The summed E-state index contributed by atoms with van der Waals surface area (Å²) in [5.74, 6) is -1.29. The number of hydrogen-bond acceptors (Lipinski definition) is 6. The lowest BCUT2D eigenvalue weighted by Crippen LogP contribution is -2.49. The van der Waals surface area contributed by atoms with Crippen LogP contribution in [0.15, 0.2) is 35.8 Å². The van der Waals surface area contributed by atoms with Gasteiger partial charge in [-0.1, -0.05) is 0 Å². The van der Waals surface area contributed by atoms with Gasteiger partial charge in [0.05, 0.1) is 6.42 Å². The second-order valence-electron chi connectivity index (χ2n) is 8.35. The van der Waals surface area contributed by atoms with Crippen LogP contribution >= 0.6 is 11.3 Å². The van der Waals surface area contributed by atoms with Gasteiger partial charge < -0.3 is 14.7 Å². The van der Waals surface area contributed by atoms with Crippen molar-refractivity contribution in [2.24, 2.45) is 0 Å². The Balaban J connectivity index is 1.83. The van der Waals surface area contributed by atoms with Gasteiger partial charge in [-0.2, -0.15) is 0 Å². The number of carboxylic acid groups (broad SMARTS) is 1. The Morgan fingerprint density at radius 1 is 1.26 bits per heavy atom. The first-order valence-corrected chi connectivity index (χ1v) is 11.1. The van der Waals surface area contributed by atoms with Gasteiger partial charge in [0.15, 0.2) is 0 Å². The lowest BCUT2D eigenvalue weighted by atomic mass is 10.1. The van der Waals surface area contributed by atoms with Crippen LogP contribution in [0.4, 0.5) is 10.5 Å². The summed E-state index contributed by atoms with van der Waals surface area (Å²) >= 11 is 1.51. The lowest BCUT2D eigenvalue weighted by molar-refractivity contribution is -0.136. The molecule has 2 amide bonds. The van der Waals surface area contributed by atoms with E-state index in [0.29, 0.717) is 25.1 Å². The first-order chi connectivity index (χ1) is 14.7. The van der Waals surface area contributed by atoms with Crippen molar-refractivity contribution < 1.29 is 24.2 Å². The van der Waals surface area contributed by atoms with Gasteiger partial charge in [0.25, 0.3) is 0 Å². The minimum atomic E-state index is -0.993. The summed E-state index contributed by atoms with van der Waals surface area (Å²) in [7, 11) is 0. The summed E-state index contributed by atoms with van der Waals surface area (Å²) in [4.78, 5) is 44.4. The maximum atomic E-state index is 13.4. The number of nitrogens with zero attached hydrogens (tertiary/aromatic N) is 3. The van der Waals surface area contributed by atoms with E-state index in [1.807, 2.05) is 17.5 Å². The Kier molecular flexibility index (Phi) is 6.94. The number of anilines is 1. The molecule has 0 spiro atoms. The van der Waals surface area contributed by atoms with Crippen molar-refractivity contribution in [2.45, 2.75) is 51.7 Å². The summed E-state index contributed by atoms with van der Waals surface area (Å²) in [5, 5.41) is 11.9. The number of aromatic nitrogens is 1. The van der Waals surface area contributed by atoms with Crippen molar-refractivity contribution >= 4 is 35.0 Å². The second kappa shape index (κ2) is 9.47. The average molecular weight is 446 g/mol. The van der Waals surface area contributed by atoms with Crippen molar-refractivity contribution in [3.63, 3.8) is 0 Å². The molecule has 8 nitrogen and oxygen atoms in total. The van der Waals surface area contributed by atoms with Crippen LogP contribution in [-0.4, -0.2) is 57.7 Å². The van der Waals surface area contributed by atoms with E-state index in [4.69, 9.17) is 9.84 Å². The van der Waals surface area contributed by atoms with Gasteiger partial charge in [-0.3, -0.25) is 14.5 Å². The fourth-order valence-electron chi connectivity index (χ4n) is 3.47. The number of thiazole rings is 1. The van der Waals surface area contributed by atoms with Crippen molar-refractivity contribution in [3.05, 3.63) is 35.8 Å². The lowest BCUT2D eigenvalue weighted by Gasteiger charge is -2.31. The van der Waals surface area contributed by atoms with E-state index < -0.39 is 23.7 Å². The Bertz CT molecular complexity index is 922. The zero-order chi connectivity index (χ0) is 22.6. The molecular formula is C22H27N3O5S. The predicted molar refractivity (Wildman–Crippen MR) is 118 cm³/mol. The van der Waals surface area contributed by atoms with Crippen LogP contribution in [-0.2, 0) is 14.3 Å². The quantitative estimate of drug-likeness (QED) is 0.721. The number of carbonyl (C=O) groups is 3. The summed E-state index contributed by atoms with van der Waals surface area (Å²) in [6.45, 7) is 5.79. The summed E-state index contributed by atoms with van der Waals surface area (Å²) < 4.78 is 5.46. The SMILES string of the molecule is CC(C)(C)OC(=O)N1CCC[C@H]1C(=O)N(CCC(=O)O)c1ccc(-c2nccs2)cc1. The second-order valence-corrected chi connectivity index (χ2v) is 9.24. The molecule has 1 aliphatic rings. The van der Waals surface area contributed by atoms with E-state index >= 15 is 0 Å². The van der Waals surface area contributed by atoms with Crippen LogP contribution in [0, 0.1) is 0 Å². The number of likely N-dealkylation sites (tertiary alicyclic amines) is 1. The molecule has 166 valence electrons. The van der Waals surface area contributed by atoms with Gasteiger partial charge in [0, 0.05) is 35.9 Å². The van der Waals surface area contributed by atoms with E-state index in [0.717, 1.165) is 10.6 Å². The van der Waals surface area contributed by atoms with Gasteiger partial charge in [-0.15, -0.1) is 11.3 Å². The molecule has 1 N–H and O–H groups in total. The molecular weight excluding hydrogens is 418 g/mol.